The highest BCUT2D eigenvalue weighted by Gasteiger charge is 2.32. The number of anilines is 1. The van der Waals surface area contributed by atoms with Crippen molar-refractivity contribution in [2.75, 3.05) is 17.1 Å². The molecule has 2 amide bonds. The van der Waals surface area contributed by atoms with Gasteiger partial charge in [0.25, 0.3) is 0 Å². The Morgan fingerprint density at radius 2 is 1.69 bits per heavy atom. The van der Waals surface area contributed by atoms with Gasteiger partial charge in [-0.05, 0) is 43.0 Å². The Hall–Kier alpha value is -2.29. The van der Waals surface area contributed by atoms with Gasteiger partial charge in [0.2, 0.25) is 21.8 Å². The summed E-state index contributed by atoms with van der Waals surface area (Å²) >= 11 is 12.1. The Balaban J connectivity index is 1.90. The van der Waals surface area contributed by atoms with Crippen LogP contribution < -0.4 is 9.62 Å². The fourth-order valence-electron chi connectivity index (χ4n) is 4.50. The second-order valence-corrected chi connectivity index (χ2v) is 11.9. The molecule has 1 N–H and O–H groups in total. The van der Waals surface area contributed by atoms with Crippen molar-refractivity contribution in [1.82, 2.24) is 10.2 Å². The molecule has 1 aliphatic carbocycles. The van der Waals surface area contributed by atoms with Crippen LogP contribution in [0, 0.1) is 0 Å². The van der Waals surface area contributed by atoms with Crippen molar-refractivity contribution in [2.45, 2.75) is 64.1 Å². The molecule has 1 saturated carbocycles. The van der Waals surface area contributed by atoms with Crippen LogP contribution in [0.25, 0.3) is 0 Å². The van der Waals surface area contributed by atoms with Crippen molar-refractivity contribution in [2.24, 2.45) is 0 Å². The highest BCUT2D eigenvalue weighted by Crippen LogP contribution is 2.29. The lowest BCUT2D eigenvalue weighted by Crippen LogP contribution is -2.53. The van der Waals surface area contributed by atoms with Crippen LogP contribution in [0.15, 0.2) is 48.5 Å². The Morgan fingerprint density at radius 3 is 2.28 bits per heavy atom. The molecular weight excluding hydrogens is 521 g/mol. The Labute approximate surface area is 223 Å². The minimum atomic E-state index is -3.84. The molecule has 7 nitrogen and oxygen atoms in total. The molecule has 0 spiro atoms. The summed E-state index contributed by atoms with van der Waals surface area (Å²) in [6.07, 6.45) is 6.57. The van der Waals surface area contributed by atoms with E-state index in [-0.39, 0.29) is 34.2 Å². The Kier molecular flexibility index (Phi) is 10.0. The molecule has 0 bridgehead atoms. The minimum absolute atomic E-state index is 0.0951. The van der Waals surface area contributed by atoms with E-state index in [2.05, 4.69) is 5.32 Å². The first-order valence-electron chi connectivity index (χ1n) is 12.2. The van der Waals surface area contributed by atoms with Crippen LogP contribution >= 0.6 is 23.2 Å². The van der Waals surface area contributed by atoms with Gasteiger partial charge in [0.05, 0.1) is 22.0 Å². The molecule has 1 fully saturated rings. The summed E-state index contributed by atoms with van der Waals surface area (Å²) < 4.78 is 26.3. The number of rotatable bonds is 10. The van der Waals surface area contributed by atoms with Gasteiger partial charge in [-0.2, -0.15) is 0 Å². The van der Waals surface area contributed by atoms with Gasteiger partial charge in [-0.15, -0.1) is 0 Å². The Bertz CT molecular complexity index is 1160. The second-order valence-electron chi connectivity index (χ2n) is 9.14. The molecule has 1 atom stereocenters. The van der Waals surface area contributed by atoms with Crippen LogP contribution in [0.2, 0.25) is 10.0 Å². The molecule has 0 radical (unpaired) electrons. The van der Waals surface area contributed by atoms with Crippen LogP contribution in [-0.4, -0.2) is 50.0 Å². The average molecular weight is 555 g/mol. The van der Waals surface area contributed by atoms with Crippen molar-refractivity contribution in [3.63, 3.8) is 0 Å². The van der Waals surface area contributed by atoms with Crippen molar-refractivity contribution in [3.05, 3.63) is 64.1 Å². The number of amides is 2. The van der Waals surface area contributed by atoms with E-state index in [0.717, 1.165) is 48.2 Å². The largest absolute Gasteiger partial charge is 0.352 e. The molecule has 2 aromatic rings. The summed E-state index contributed by atoms with van der Waals surface area (Å²) in [5.74, 6) is -0.699. The lowest BCUT2D eigenvalue weighted by Gasteiger charge is -2.34. The lowest BCUT2D eigenvalue weighted by molar-refractivity contribution is -0.140. The van der Waals surface area contributed by atoms with Crippen LogP contribution in [-0.2, 0) is 26.2 Å². The smallest absolute Gasteiger partial charge is 0.244 e. The van der Waals surface area contributed by atoms with Crippen molar-refractivity contribution in [3.8, 4) is 0 Å². The molecule has 3 rings (SSSR count). The fraction of sp³-hybridized carbons (Fsp3) is 0.462. The number of sulfonamides is 1. The maximum atomic E-state index is 13.7. The fourth-order valence-corrected chi connectivity index (χ4v) is 5.63. The molecule has 0 unspecified atom stereocenters. The monoisotopic (exact) mass is 553 g/mol. The summed E-state index contributed by atoms with van der Waals surface area (Å²) in [6.45, 7) is 1.55. The number of carbonyl (C=O) groups is 2. The van der Waals surface area contributed by atoms with E-state index in [1.54, 1.807) is 0 Å². The van der Waals surface area contributed by atoms with E-state index in [9.17, 15) is 18.0 Å². The van der Waals surface area contributed by atoms with E-state index in [0.29, 0.717) is 6.42 Å². The SMILES string of the molecule is CC[C@H](C(=O)NC1CCCCC1)N(Cc1ccccc1)C(=O)CN(c1ccc(Cl)c(Cl)c1)S(C)(=O)=O. The molecule has 0 aliphatic heterocycles. The van der Waals surface area contributed by atoms with E-state index < -0.39 is 28.5 Å². The van der Waals surface area contributed by atoms with E-state index in [4.69, 9.17) is 23.2 Å². The van der Waals surface area contributed by atoms with Gasteiger partial charge in [-0.25, -0.2) is 8.42 Å². The minimum Gasteiger partial charge on any atom is -0.352 e. The van der Waals surface area contributed by atoms with E-state index >= 15 is 0 Å². The van der Waals surface area contributed by atoms with E-state index in [1.165, 1.54) is 23.1 Å². The molecular formula is C26H33Cl2N3O4S. The molecule has 10 heteroatoms. The van der Waals surface area contributed by atoms with Crippen molar-refractivity contribution >= 4 is 50.7 Å². The summed E-state index contributed by atoms with van der Waals surface area (Å²) in [4.78, 5) is 28.5. The zero-order chi connectivity index (χ0) is 26.3. The molecule has 0 aromatic heterocycles. The first-order valence-corrected chi connectivity index (χ1v) is 14.8. The quantitative estimate of drug-likeness (QED) is 0.447. The third kappa shape index (κ3) is 7.60. The first-order chi connectivity index (χ1) is 17.1. The maximum absolute atomic E-state index is 13.7. The van der Waals surface area contributed by atoms with Crippen molar-refractivity contribution in [1.29, 1.82) is 0 Å². The van der Waals surface area contributed by atoms with Gasteiger partial charge in [0.1, 0.15) is 12.6 Å². The summed E-state index contributed by atoms with van der Waals surface area (Å²) in [6, 6.07) is 13.1. The molecule has 36 heavy (non-hydrogen) atoms. The standard InChI is InChI=1S/C26H33Cl2N3O4S/c1-3-24(26(33)29-20-12-8-5-9-13-20)30(17-19-10-6-4-7-11-19)25(32)18-31(36(2,34)35)21-14-15-22(27)23(28)16-21/h4,6-7,10-11,14-16,20,24H,3,5,8-9,12-13,17-18H2,1-2H3,(H,29,33)/t24-/m1/s1. The number of hydrogen-bond donors (Lipinski definition) is 1. The van der Waals surface area contributed by atoms with Gasteiger partial charge in [0.15, 0.2) is 0 Å². The zero-order valence-electron chi connectivity index (χ0n) is 20.6. The third-order valence-electron chi connectivity index (χ3n) is 6.40. The van der Waals surface area contributed by atoms with Crippen LogP contribution in [0.1, 0.15) is 51.0 Å². The normalized spacial score (nSPS) is 15.2. The van der Waals surface area contributed by atoms with Crippen LogP contribution in [0.3, 0.4) is 0 Å². The van der Waals surface area contributed by atoms with Gasteiger partial charge < -0.3 is 10.2 Å². The van der Waals surface area contributed by atoms with Gasteiger partial charge in [-0.1, -0.05) is 79.7 Å². The lowest BCUT2D eigenvalue weighted by atomic mass is 9.95. The first kappa shape index (κ1) is 28.3. The van der Waals surface area contributed by atoms with Gasteiger partial charge in [-0.3, -0.25) is 13.9 Å². The number of nitrogens with one attached hydrogen (secondary N) is 1. The van der Waals surface area contributed by atoms with Crippen LogP contribution in [0.5, 0.6) is 0 Å². The summed E-state index contributed by atoms with van der Waals surface area (Å²) in [7, 11) is -3.84. The second kappa shape index (κ2) is 12.8. The van der Waals surface area contributed by atoms with Crippen LogP contribution in [0.4, 0.5) is 5.69 Å². The molecule has 2 aromatic carbocycles. The third-order valence-corrected chi connectivity index (χ3v) is 8.28. The van der Waals surface area contributed by atoms with E-state index in [1.807, 2.05) is 37.3 Å². The molecule has 196 valence electrons. The highest BCUT2D eigenvalue weighted by molar-refractivity contribution is 7.92. The zero-order valence-corrected chi connectivity index (χ0v) is 23.0. The summed E-state index contributed by atoms with van der Waals surface area (Å²) in [5.41, 5.74) is 1.06. The Morgan fingerprint density at radius 1 is 1.03 bits per heavy atom. The predicted octanol–water partition coefficient (Wildman–Crippen LogP) is 5.02. The topological polar surface area (TPSA) is 86.8 Å². The summed E-state index contributed by atoms with van der Waals surface area (Å²) in [5, 5.41) is 3.57. The number of carbonyl (C=O) groups excluding carboxylic acids is 2. The number of halogens is 2. The molecule has 0 saturated heterocycles. The predicted molar refractivity (Wildman–Crippen MR) is 145 cm³/mol. The molecule has 0 heterocycles. The van der Waals surface area contributed by atoms with Gasteiger partial charge in [0, 0.05) is 12.6 Å². The van der Waals surface area contributed by atoms with Crippen molar-refractivity contribution < 1.29 is 18.0 Å². The maximum Gasteiger partial charge on any atom is 0.244 e. The molecule has 1 aliphatic rings. The number of nitrogens with zero attached hydrogens (tertiary/aromatic N) is 2. The average Bonchev–Trinajstić information content (AvgIpc) is 2.84. The van der Waals surface area contributed by atoms with Gasteiger partial charge >= 0.3 is 0 Å². The number of hydrogen-bond acceptors (Lipinski definition) is 4. The highest BCUT2D eigenvalue weighted by atomic mass is 35.5. The number of benzene rings is 2.